The molecule has 0 spiro atoms. The third-order valence-electron chi connectivity index (χ3n) is 4.33. The first-order valence-corrected chi connectivity index (χ1v) is 7.15. The maximum atomic E-state index is 13.4. The lowest BCUT2D eigenvalue weighted by Gasteiger charge is -2.38. The molecule has 1 saturated heterocycles. The summed E-state index contributed by atoms with van der Waals surface area (Å²) in [6.07, 6.45) is 3.46. The minimum atomic E-state index is -0.870. The number of hydrogen-bond acceptors (Lipinski definition) is 2. The maximum Gasteiger partial charge on any atom is 0.241 e. The Labute approximate surface area is 117 Å². The van der Waals surface area contributed by atoms with Gasteiger partial charge in [0.05, 0.1) is 6.04 Å². The van der Waals surface area contributed by atoms with Gasteiger partial charge in [-0.3, -0.25) is 10.1 Å². The first kappa shape index (κ1) is 13.5. The van der Waals surface area contributed by atoms with E-state index in [2.05, 4.69) is 5.32 Å². The van der Waals surface area contributed by atoms with Gasteiger partial charge in [-0.15, -0.1) is 0 Å². The molecule has 3 nitrogen and oxygen atoms in total. The van der Waals surface area contributed by atoms with Gasteiger partial charge in [-0.1, -0.05) is 13.0 Å². The zero-order valence-corrected chi connectivity index (χ0v) is 11.4. The van der Waals surface area contributed by atoms with Crippen LogP contribution in [0.1, 0.15) is 44.3 Å². The van der Waals surface area contributed by atoms with Crippen molar-refractivity contribution < 1.29 is 13.6 Å². The van der Waals surface area contributed by atoms with Gasteiger partial charge in [0.25, 0.3) is 0 Å². The van der Waals surface area contributed by atoms with Crippen molar-refractivity contribution in [1.82, 2.24) is 10.2 Å². The summed E-state index contributed by atoms with van der Waals surface area (Å²) in [5.41, 5.74) is 0.611. The number of hydrogen-bond donors (Lipinski definition) is 1. The molecule has 0 aromatic heterocycles. The van der Waals surface area contributed by atoms with Crippen molar-refractivity contribution in [3.63, 3.8) is 0 Å². The Hall–Kier alpha value is -1.49. The summed E-state index contributed by atoms with van der Waals surface area (Å²) >= 11 is 0. The molecule has 0 bridgehead atoms. The van der Waals surface area contributed by atoms with Gasteiger partial charge >= 0.3 is 0 Å². The Morgan fingerprint density at radius 2 is 2.05 bits per heavy atom. The SMILES string of the molecule is CCC1NC(c2ccc(F)c(F)c2)N(C2CCC2)C1=O. The number of carbonyl (C=O) groups excluding carboxylic acids is 1. The molecule has 1 aromatic rings. The summed E-state index contributed by atoms with van der Waals surface area (Å²) in [4.78, 5) is 14.2. The molecule has 0 radical (unpaired) electrons. The van der Waals surface area contributed by atoms with E-state index in [4.69, 9.17) is 0 Å². The quantitative estimate of drug-likeness (QED) is 0.923. The van der Waals surface area contributed by atoms with Crippen molar-refractivity contribution in [1.29, 1.82) is 0 Å². The number of rotatable bonds is 3. The Morgan fingerprint density at radius 3 is 2.60 bits per heavy atom. The minimum Gasteiger partial charge on any atom is -0.319 e. The third-order valence-corrected chi connectivity index (χ3v) is 4.33. The molecule has 3 rings (SSSR count). The number of benzene rings is 1. The Balaban J connectivity index is 1.92. The fraction of sp³-hybridized carbons (Fsp3) is 0.533. The number of carbonyl (C=O) groups is 1. The molecular formula is C15H18F2N2O. The zero-order chi connectivity index (χ0) is 14.3. The smallest absolute Gasteiger partial charge is 0.241 e. The molecule has 2 unspecified atom stereocenters. The van der Waals surface area contributed by atoms with Crippen molar-refractivity contribution in [2.24, 2.45) is 0 Å². The van der Waals surface area contributed by atoms with Gasteiger partial charge in [0.2, 0.25) is 5.91 Å². The first-order chi connectivity index (χ1) is 9.61. The number of nitrogens with zero attached hydrogens (tertiary/aromatic N) is 1. The highest BCUT2D eigenvalue weighted by Crippen LogP contribution is 2.36. The molecule has 1 aliphatic carbocycles. The standard InChI is InChI=1S/C15H18F2N2O/c1-2-13-15(20)19(10-4-3-5-10)14(18-13)9-6-7-11(16)12(17)8-9/h6-8,10,13-14,18H,2-5H2,1H3. The molecule has 2 fully saturated rings. The fourth-order valence-electron chi connectivity index (χ4n) is 2.94. The van der Waals surface area contributed by atoms with Gasteiger partial charge < -0.3 is 4.90 Å². The molecule has 5 heteroatoms. The summed E-state index contributed by atoms with van der Waals surface area (Å²) in [6.45, 7) is 1.95. The highest BCUT2D eigenvalue weighted by atomic mass is 19.2. The molecule has 1 amide bonds. The monoisotopic (exact) mass is 280 g/mol. The maximum absolute atomic E-state index is 13.4. The predicted octanol–water partition coefficient (Wildman–Crippen LogP) is 2.73. The lowest BCUT2D eigenvalue weighted by Crippen LogP contribution is -2.44. The Bertz CT molecular complexity index is 531. The van der Waals surface area contributed by atoms with E-state index in [1.807, 2.05) is 11.8 Å². The zero-order valence-electron chi connectivity index (χ0n) is 11.4. The van der Waals surface area contributed by atoms with Gasteiger partial charge in [-0.2, -0.15) is 0 Å². The minimum absolute atomic E-state index is 0.0759. The van der Waals surface area contributed by atoms with Crippen molar-refractivity contribution in [3.05, 3.63) is 35.4 Å². The van der Waals surface area contributed by atoms with E-state index in [1.54, 1.807) is 6.07 Å². The molecule has 1 N–H and O–H groups in total. The van der Waals surface area contributed by atoms with Crippen LogP contribution in [-0.2, 0) is 4.79 Å². The number of nitrogens with one attached hydrogen (secondary N) is 1. The van der Waals surface area contributed by atoms with Gasteiger partial charge in [0, 0.05) is 6.04 Å². The Morgan fingerprint density at radius 1 is 1.30 bits per heavy atom. The van der Waals surface area contributed by atoms with Gasteiger partial charge in [-0.05, 0) is 43.4 Å². The summed E-state index contributed by atoms with van der Waals surface area (Å²) in [5.74, 6) is -1.66. The molecule has 2 atom stereocenters. The van der Waals surface area contributed by atoms with Gasteiger partial charge in [-0.25, -0.2) is 8.78 Å². The predicted molar refractivity (Wildman–Crippen MR) is 70.8 cm³/mol. The van der Waals surface area contributed by atoms with E-state index in [0.717, 1.165) is 25.3 Å². The second-order valence-corrected chi connectivity index (χ2v) is 5.53. The Kier molecular flexibility index (Phi) is 3.46. The van der Waals surface area contributed by atoms with E-state index >= 15 is 0 Å². The van der Waals surface area contributed by atoms with Crippen molar-refractivity contribution in [3.8, 4) is 0 Å². The fourth-order valence-corrected chi connectivity index (χ4v) is 2.94. The average Bonchev–Trinajstić information content (AvgIpc) is 2.69. The topological polar surface area (TPSA) is 32.3 Å². The van der Waals surface area contributed by atoms with Crippen LogP contribution in [0.3, 0.4) is 0 Å². The van der Waals surface area contributed by atoms with E-state index in [0.29, 0.717) is 12.0 Å². The first-order valence-electron chi connectivity index (χ1n) is 7.15. The largest absolute Gasteiger partial charge is 0.319 e. The molecule has 1 aromatic carbocycles. The van der Waals surface area contributed by atoms with Crippen LogP contribution in [0.25, 0.3) is 0 Å². The number of halogens is 2. The van der Waals surface area contributed by atoms with E-state index in [1.165, 1.54) is 6.07 Å². The van der Waals surface area contributed by atoms with Crippen LogP contribution in [-0.4, -0.2) is 22.9 Å². The normalized spacial score (nSPS) is 26.9. The molecule has 1 heterocycles. The van der Waals surface area contributed by atoms with E-state index < -0.39 is 11.6 Å². The molecular weight excluding hydrogens is 262 g/mol. The van der Waals surface area contributed by atoms with Crippen LogP contribution in [0.15, 0.2) is 18.2 Å². The van der Waals surface area contributed by atoms with Gasteiger partial charge in [0.15, 0.2) is 11.6 Å². The average molecular weight is 280 g/mol. The lowest BCUT2D eigenvalue weighted by atomic mass is 9.90. The molecule has 1 saturated carbocycles. The summed E-state index contributed by atoms with van der Waals surface area (Å²) in [7, 11) is 0. The highest BCUT2D eigenvalue weighted by Gasteiger charge is 2.43. The van der Waals surface area contributed by atoms with Crippen LogP contribution in [0.2, 0.25) is 0 Å². The second kappa shape index (κ2) is 5.13. The van der Waals surface area contributed by atoms with Crippen LogP contribution < -0.4 is 5.32 Å². The van der Waals surface area contributed by atoms with Crippen molar-refractivity contribution >= 4 is 5.91 Å². The summed E-state index contributed by atoms with van der Waals surface area (Å²) < 4.78 is 26.5. The molecule has 2 aliphatic rings. The van der Waals surface area contributed by atoms with E-state index in [9.17, 15) is 13.6 Å². The second-order valence-electron chi connectivity index (χ2n) is 5.53. The number of amides is 1. The molecule has 20 heavy (non-hydrogen) atoms. The van der Waals surface area contributed by atoms with Gasteiger partial charge in [0.1, 0.15) is 6.17 Å². The van der Waals surface area contributed by atoms with Crippen LogP contribution in [0.4, 0.5) is 8.78 Å². The van der Waals surface area contributed by atoms with Crippen LogP contribution >= 0.6 is 0 Å². The van der Waals surface area contributed by atoms with Crippen LogP contribution in [0, 0.1) is 11.6 Å². The lowest BCUT2D eigenvalue weighted by molar-refractivity contribution is -0.134. The van der Waals surface area contributed by atoms with Crippen LogP contribution in [0.5, 0.6) is 0 Å². The van der Waals surface area contributed by atoms with Crippen molar-refractivity contribution in [2.45, 2.75) is 50.9 Å². The third kappa shape index (κ3) is 2.10. The molecule has 108 valence electrons. The molecule has 1 aliphatic heterocycles. The summed E-state index contributed by atoms with van der Waals surface area (Å²) in [5, 5.41) is 3.24. The van der Waals surface area contributed by atoms with Crippen molar-refractivity contribution in [2.75, 3.05) is 0 Å². The highest BCUT2D eigenvalue weighted by molar-refractivity contribution is 5.85. The van der Waals surface area contributed by atoms with E-state index in [-0.39, 0.29) is 24.2 Å². The summed E-state index contributed by atoms with van der Waals surface area (Å²) in [6, 6.07) is 3.85.